The van der Waals surface area contributed by atoms with E-state index in [1.54, 1.807) is 0 Å². The molecule has 1 unspecified atom stereocenters. The quantitative estimate of drug-likeness (QED) is 0.844. The molecule has 1 saturated heterocycles. The van der Waals surface area contributed by atoms with Gasteiger partial charge >= 0.3 is 0 Å². The highest BCUT2D eigenvalue weighted by Gasteiger charge is 2.38. The number of rotatable bonds is 7. The van der Waals surface area contributed by atoms with Crippen LogP contribution < -0.4 is 10.5 Å². The minimum absolute atomic E-state index is 0.0964. The maximum Gasteiger partial charge on any atom is 0.220 e. The Morgan fingerprint density at radius 1 is 1.20 bits per heavy atom. The van der Waals surface area contributed by atoms with E-state index < -0.39 is 0 Å². The molecule has 2 aromatic carbocycles. The fourth-order valence-corrected chi connectivity index (χ4v) is 3.73. The van der Waals surface area contributed by atoms with Gasteiger partial charge in [0.15, 0.2) is 0 Å². The topological polar surface area (TPSA) is 55.6 Å². The van der Waals surface area contributed by atoms with Crippen LogP contribution in [0.4, 0.5) is 0 Å². The van der Waals surface area contributed by atoms with E-state index in [1.807, 2.05) is 12.1 Å². The van der Waals surface area contributed by atoms with E-state index in [0.717, 1.165) is 31.7 Å². The molecule has 3 rings (SSSR count). The monoisotopic (exact) mass is 338 g/mol. The van der Waals surface area contributed by atoms with Gasteiger partial charge in [-0.3, -0.25) is 4.79 Å². The van der Waals surface area contributed by atoms with Crippen molar-refractivity contribution in [3.05, 3.63) is 65.7 Å². The Bertz CT molecular complexity index is 717. The van der Waals surface area contributed by atoms with Crippen LogP contribution in [0, 0.1) is 0 Å². The molecule has 0 aliphatic carbocycles. The summed E-state index contributed by atoms with van der Waals surface area (Å²) in [5.41, 5.74) is 7.94. The highest BCUT2D eigenvalue weighted by atomic mass is 16.5. The number of benzene rings is 2. The van der Waals surface area contributed by atoms with Crippen molar-refractivity contribution in [1.29, 1.82) is 0 Å². The SMILES string of the molecule is CN1CCC(Cc2ccccc2)(c2cccc(OCCC(N)=O)c2)C1. The molecule has 1 heterocycles. The summed E-state index contributed by atoms with van der Waals surface area (Å²) < 4.78 is 5.72. The van der Waals surface area contributed by atoms with Crippen molar-refractivity contribution in [2.45, 2.75) is 24.7 Å². The highest BCUT2D eigenvalue weighted by Crippen LogP contribution is 2.38. The second kappa shape index (κ2) is 7.70. The van der Waals surface area contributed by atoms with Crippen LogP contribution in [0.3, 0.4) is 0 Å². The summed E-state index contributed by atoms with van der Waals surface area (Å²) in [6.07, 6.45) is 2.38. The zero-order valence-corrected chi connectivity index (χ0v) is 14.8. The largest absolute Gasteiger partial charge is 0.493 e. The Labute approximate surface area is 149 Å². The summed E-state index contributed by atoms with van der Waals surface area (Å²) >= 11 is 0. The van der Waals surface area contributed by atoms with E-state index in [2.05, 4.69) is 54.4 Å². The van der Waals surface area contributed by atoms with Crippen molar-refractivity contribution in [3.63, 3.8) is 0 Å². The first kappa shape index (κ1) is 17.5. The molecule has 1 aliphatic heterocycles. The van der Waals surface area contributed by atoms with Crippen LogP contribution in [0.2, 0.25) is 0 Å². The molecule has 0 saturated carbocycles. The third-order valence-electron chi connectivity index (χ3n) is 4.99. The highest BCUT2D eigenvalue weighted by molar-refractivity contribution is 5.73. The van der Waals surface area contributed by atoms with Crippen LogP contribution in [-0.2, 0) is 16.6 Å². The van der Waals surface area contributed by atoms with Gasteiger partial charge < -0.3 is 15.4 Å². The summed E-state index contributed by atoms with van der Waals surface area (Å²) in [5.74, 6) is 0.467. The summed E-state index contributed by atoms with van der Waals surface area (Å²) in [7, 11) is 2.18. The van der Waals surface area contributed by atoms with Crippen LogP contribution in [0.1, 0.15) is 24.0 Å². The predicted octanol–water partition coefficient (Wildman–Crippen LogP) is 2.76. The van der Waals surface area contributed by atoms with Gasteiger partial charge in [-0.2, -0.15) is 0 Å². The molecule has 132 valence electrons. The van der Waals surface area contributed by atoms with E-state index in [9.17, 15) is 4.79 Å². The molecule has 0 bridgehead atoms. The van der Waals surface area contributed by atoms with E-state index in [-0.39, 0.29) is 17.7 Å². The van der Waals surface area contributed by atoms with Crippen LogP contribution in [0.25, 0.3) is 0 Å². The lowest BCUT2D eigenvalue weighted by Gasteiger charge is -2.30. The number of amides is 1. The van der Waals surface area contributed by atoms with Gasteiger partial charge in [0.05, 0.1) is 13.0 Å². The van der Waals surface area contributed by atoms with Crippen LogP contribution in [-0.4, -0.2) is 37.6 Å². The van der Waals surface area contributed by atoms with Gasteiger partial charge in [-0.25, -0.2) is 0 Å². The first-order chi connectivity index (χ1) is 12.1. The first-order valence-electron chi connectivity index (χ1n) is 8.82. The van der Waals surface area contributed by atoms with Crippen LogP contribution in [0.15, 0.2) is 54.6 Å². The number of likely N-dealkylation sites (N-methyl/N-ethyl adjacent to an activating group) is 1. The zero-order valence-electron chi connectivity index (χ0n) is 14.8. The van der Waals surface area contributed by atoms with Crippen LogP contribution in [0.5, 0.6) is 5.75 Å². The number of likely N-dealkylation sites (tertiary alicyclic amines) is 1. The molecular weight excluding hydrogens is 312 g/mol. The van der Waals surface area contributed by atoms with Gasteiger partial charge in [-0.1, -0.05) is 42.5 Å². The van der Waals surface area contributed by atoms with Gasteiger partial charge in [0.1, 0.15) is 5.75 Å². The fourth-order valence-electron chi connectivity index (χ4n) is 3.73. The Hall–Kier alpha value is -2.33. The molecule has 25 heavy (non-hydrogen) atoms. The summed E-state index contributed by atoms with van der Waals surface area (Å²) in [5, 5.41) is 0. The van der Waals surface area contributed by atoms with Crippen molar-refractivity contribution < 1.29 is 9.53 Å². The van der Waals surface area contributed by atoms with Gasteiger partial charge in [-0.15, -0.1) is 0 Å². The van der Waals surface area contributed by atoms with Gasteiger partial charge in [-0.05, 0) is 49.7 Å². The number of nitrogens with two attached hydrogens (primary N) is 1. The van der Waals surface area contributed by atoms with Gasteiger partial charge in [0, 0.05) is 12.0 Å². The number of carbonyl (C=O) groups excluding carboxylic acids is 1. The molecule has 1 amide bonds. The minimum atomic E-state index is -0.339. The average molecular weight is 338 g/mol. The lowest BCUT2D eigenvalue weighted by molar-refractivity contribution is -0.118. The van der Waals surface area contributed by atoms with Crippen molar-refractivity contribution in [2.24, 2.45) is 5.73 Å². The standard InChI is InChI=1S/C21H26N2O2/c1-23-12-11-21(16-23,15-17-6-3-2-4-7-17)18-8-5-9-19(14-18)25-13-10-20(22)24/h2-9,14H,10-13,15-16H2,1H3,(H2,22,24). The summed E-state index contributed by atoms with van der Waals surface area (Å²) in [4.78, 5) is 13.3. The summed E-state index contributed by atoms with van der Waals surface area (Å²) in [6, 6.07) is 19.0. The lowest BCUT2D eigenvalue weighted by Crippen LogP contribution is -2.32. The maximum atomic E-state index is 10.9. The molecule has 0 aromatic heterocycles. The Morgan fingerprint density at radius 2 is 2.00 bits per heavy atom. The van der Waals surface area contributed by atoms with Crippen molar-refractivity contribution in [1.82, 2.24) is 4.90 Å². The second-order valence-corrected chi connectivity index (χ2v) is 7.02. The number of ether oxygens (including phenoxy) is 1. The van der Waals surface area contributed by atoms with E-state index in [4.69, 9.17) is 10.5 Å². The molecule has 1 atom stereocenters. The molecule has 2 N–H and O–H groups in total. The van der Waals surface area contributed by atoms with Crippen molar-refractivity contribution >= 4 is 5.91 Å². The van der Waals surface area contributed by atoms with Crippen molar-refractivity contribution in [2.75, 3.05) is 26.7 Å². The molecular formula is C21H26N2O2. The maximum absolute atomic E-state index is 10.9. The molecule has 0 spiro atoms. The Morgan fingerprint density at radius 3 is 2.68 bits per heavy atom. The van der Waals surface area contributed by atoms with E-state index >= 15 is 0 Å². The number of carbonyl (C=O) groups is 1. The Kier molecular flexibility index (Phi) is 5.39. The number of hydrogen-bond donors (Lipinski definition) is 1. The third kappa shape index (κ3) is 4.40. The smallest absolute Gasteiger partial charge is 0.220 e. The molecule has 1 aliphatic rings. The van der Waals surface area contributed by atoms with Crippen LogP contribution >= 0.6 is 0 Å². The van der Waals surface area contributed by atoms with Crippen molar-refractivity contribution in [3.8, 4) is 5.75 Å². The third-order valence-corrected chi connectivity index (χ3v) is 4.99. The number of nitrogens with zero attached hydrogens (tertiary/aromatic N) is 1. The lowest BCUT2D eigenvalue weighted by atomic mass is 9.75. The molecule has 4 heteroatoms. The number of primary amides is 1. The minimum Gasteiger partial charge on any atom is -0.493 e. The van der Waals surface area contributed by atoms with Gasteiger partial charge in [0.2, 0.25) is 5.91 Å². The molecule has 0 radical (unpaired) electrons. The zero-order chi connectivity index (χ0) is 17.7. The molecule has 1 fully saturated rings. The first-order valence-corrected chi connectivity index (χ1v) is 8.82. The number of hydrogen-bond acceptors (Lipinski definition) is 3. The van der Waals surface area contributed by atoms with E-state index in [1.165, 1.54) is 11.1 Å². The fraction of sp³-hybridized carbons (Fsp3) is 0.381. The summed E-state index contributed by atoms with van der Waals surface area (Å²) in [6.45, 7) is 2.45. The second-order valence-electron chi connectivity index (χ2n) is 7.02. The van der Waals surface area contributed by atoms with Gasteiger partial charge in [0.25, 0.3) is 0 Å². The molecule has 2 aromatic rings. The predicted molar refractivity (Wildman–Crippen MR) is 99.7 cm³/mol. The Balaban J connectivity index is 1.83. The molecule has 4 nitrogen and oxygen atoms in total. The average Bonchev–Trinajstić information content (AvgIpc) is 2.98. The van der Waals surface area contributed by atoms with E-state index in [0.29, 0.717) is 6.61 Å². The normalized spacial score (nSPS) is 20.5.